The zero-order chi connectivity index (χ0) is 17.1. The number of nitrogens with two attached hydrogens (primary N) is 1. The van der Waals surface area contributed by atoms with Crippen LogP contribution in [0.25, 0.3) is 0 Å². The molecule has 1 saturated heterocycles. The number of hydroxylamine groups is 2. The Morgan fingerprint density at radius 3 is 2.61 bits per heavy atom. The molecule has 124 valence electrons. The van der Waals surface area contributed by atoms with Gasteiger partial charge in [0.25, 0.3) is 0 Å². The topological polar surface area (TPSA) is 185 Å². The van der Waals surface area contributed by atoms with Crippen LogP contribution in [0.1, 0.15) is 23.3 Å². The van der Waals surface area contributed by atoms with Crippen LogP contribution in [0, 0.1) is 0 Å². The lowest BCUT2D eigenvalue weighted by molar-refractivity contribution is -0.142. The molecular weight excluding hydrogens is 338 g/mol. The van der Waals surface area contributed by atoms with Gasteiger partial charge in [-0.1, -0.05) is 0 Å². The molecule has 14 heteroatoms. The minimum absolute atomic E-state index is 0.0713. The van der Waals surface area contributed by atoms with E-state index in [0.29, 0.717) is 9.75 Å². The van der Waals surface area contributed by atoms with Gasteiger partial charge in [-0.05, 0) is 0 Å². The van der Waals surface area contributed by atoms with Crippen molar-refractivity contribution in [2.24, 2.45) is 5.73 Å². The highest BCUT2D eigenvalue weighted by molar-refractivity contribution is 7.80. The van der Waals surface area contributed by atoms with Crippen LogP contribution in [0.3, 0.4) is 0 Å². The molecule has 0 radical (unpaired) electrons. The SMILES string of the molecule is NC(=O)n1cc2c(n1)C(C(=O)O)N1CC2N(OS(=O)(=O)O)C1=O. The van der Waals surface area contributed by atoms with Gasteiger partial charge < -0.3 is 15.7 Å². The number of urea groups is 1. The summed E-state index contributed by atoms with van der Waals surface area (Å²) in [6.07, 6.45) is 1.08. The van der Waals surface area contributed by atoms with E-state index in [1.165, 1.54) is 0 Å². The molecule has 2 atom stereocenters. The van der Waals surface area contributed by atoms with Crippen molar-refractivity contribution in [2.45, 2.75) is 12.1 Å². The van der Waals surface area contributed by atoms with E-state index in [1.807, 2.05) is 0 Å². The second-order valence-electron chi connectivity index (χ2n) is 4.77. The average Bonchev–Trinajstić information content (AvgIpc) is 2.94. The maximum atomic E-state index is 12.1. The van der Waals surface area contributed by atoms with Gasteiger partial charge in [-0.25, -0.2) is 14.4 Å². The largest absolute Gasteiger partial charge is 0.479 e. The molecule has 1 aromatic heterocycles. The molecule has 23 heavy (non-hydrogen) atoms. The number of rotatable bonds is 3. The third-order valence-corrected chi connectivity index (χ3v) is 3.77. The lowest BCUT2D eigenvalue weighted by atomic mass is 9.98. The number of aromatic nitrogens is 2. The Bertz CT molecular complexity index is 831. The molecule has 4 N–H and O–H groups in total. The zero-order valence-electron chi connectivity index (χ0n) is 11.1. The van der Waals surface area contributed by atoms with E-state index >= 15 is 0 Å². The number of carbonyl (C=O) groups is 3. The number of carbonyl (C=O) groups excluding carboxylic acids is 2. The molecule has 3 rings (SSSR count). The van der Waals surface area contributed by atoms with Crippen molar-refractivity contribution < 1.29 is 36.7 Å². The van der Waals surface area contributed by atoms with Crippen molar-refractivity contribution in [2.75, 3.05) is 6.54 Å². The summed E-state index contributed by atoms with van der Waals surface area (Å²) in [5.74, 6) is -1.44. The first-order valence-corrected chi connectivity index (χ1v) is 7.35. The molecule has 1 aromatic rings. The Morgan fingerprint density at radius 2 is 2.09 bits per heavy atom. The first-order chi connectivity index (χ1) is 10.6. The molecule has 3 amide bonds. The fourth-order valence-corrected chi connectivity index (χ4v) is 2.98. The number of aliphatic carboxylic acids is 1. The van der Waals surface area contributed by atoms with Crippen LogP contribution in [0.2, 0.25) is 0 Å². The van der Waals surface area contributed by atoms with Gasteiger partial charge in [0.2, 0.25) is 0 Å². The summed E-state index contributed by atoms with van der Waals surface area (Å²) in [6, 6.07) is -4.71. The van der Waals surface area contributed by atoms with Gasteiger partial charge in [0, 0.05) is 11.8 Å². The number of carboxylic acids is 1. The Morgan fingerprint density at radius 1 is 1.43 bits per heavy atom. The van der Waals surface area contributed by atoms with E-state index in [2.05, 4.69) is 9.38 Å². The van der Waals surface area contributed by atoms with Gasteiger partial charge >= 0.3 is 28.4 Å². The molecule has 1 fully saturated rings. The van der Waals surface area contributed by atoms with E-state index < -0.39 is 40.5 Å². The number of hydrogen-bond acceptors (Lipinski definition) is 7. The molecule has 0 aromatic carbocycles. The van der Waals surface area contributed by atoms with Gasteiger partial charge in [-0.2, -0.15) is 23.3 Å². The maximum Gasteiger partial charge on any atom is 0.418 e. The number of fused-ring (bicyclic) bond motifs is 4. The van der Waals surface area contributed by atoms with E-state index in [-0.39, 0.29) is 17.8 Å². The summed E-state index contributed by atoms with van der Waals surface area (Å²) >= 11 is 0. The fourth-order valence-electron chi connectivity index (χ4n) is 2.60. The number of hydrogen-bond donors (Lipinski definition) is 3. The van der Waals surface area contributed by atoms with Crippen molar-refractivity contribution in [3.63, 3.8) is 0 Å². The second-order valence-corrected chi connectivity index (χ2v) is 5.78. The van der Waals surface area contributed by atoms with Crippen LogP contribution in [-0.4, -0.2) is 62.4 Å². The molecule has 0 saturated carbocycles. The molecule has 2 aliphatic rings. The zero-order valence-corrected chi connectivity index (χ0v) is 11.9. The number of amides is 3. The summed E-state index contributed by atoms with van der Waals surface area (Å²) in [7, 11) is -5.02. The molecule has 2 bridgehead atoms. The van der Waals surface area contributed by atoms with Crippen molar-refractivity contribution in [3.8, 4) is 0 Å². The van der Waals surface area contributed by atoms with Crippen LogP contribution in [0.4, 0.5) is 9.59 Å². The molecule has 0 spiro atoms. The van der Waals surface area contributed by atoms with Crippen molar-refractivity contribution >= 4 is 28.4 Å². The monoisotopic (exact) mass is 347 g/mol. The average molecular weight is 347 g/mol. The van der Waals surface area contributed by atoms with Crippen LogP contribution >= 0.6 is 0 Å². The predicted octanol–water partition coefficient (Wildman–Crippen LogP) is -1.54. The fraction of sp³-hybridized carbons (Fsp3) is 0.333. The molecule has 2 aliphatic heterocycles. The first kappa shape index (κ1) is 15.2. The number of nitrogens with zero attached hydrogens (tertiary/aromatic N) is 4. The summed E-state index contributed by atoms with van der Waals surface area (Å²) in [6.45, 7) is -0.233. The molecule has 0 aliphatic carbocycles. The number of primary amides is 1. The highest BCUT2D eigenvalue weighted by Crippen LogP contribution is 2.43. The van der Waals surface area contributed by atoms with Crippen LogP contribution < -0.4 is 5.73 Å². The maximum absolute atomic E-state index is 12.1. The van der Waals surface area contributed by atoms with E-state index in [4.69, 9.17) is 10.3 Å². The Labute approximate surface area is 127 Å². The summed E-state index contributed by atoms with van der Waals surface area (Å²) in [4.78, 5) is 35.5. The Kier molecular flexibility index (Phi) is 3.07. The molecule has 2 unspecified atom stereocenters. The molecular formula is C9H9N5O8S. The molecule has 3 heterocycles. The van der Waals surface area contributed by atoms with E-state index in [1.54, 1.807) is 0 Å². The lowest BCUT2D eigenvalue weighted by Gasteiger charge is -2.25. The summed E-state index contributed by atoms with van der Waals surface area (Å²) in [5.41, 5.74) is 4.98. The lowest BCUT2D eigenvalue weighted by Crippen LogP contribution is -2.39. The van der Waals surface area contributed by atoms with Crippen molar-refractivity contribution in [3.05, 3.63) is 17.5 Å². The summed E-state index contributed by atoms with van der Waals surface area (Å²) < 4.78 is 35.4. The van der Waals surface area contributed by atoms with E-state index in [9.17, 15) is 27.9 Å². The highest BCUT2D eigenvalue weighted by Gasteiger charge is 2.54. The third-order valence-electron chi connectivity index (χ3n) is 3.42. The van der Waals surface area contributed by atoms with Crippen LogP contribution in [0.5, 0.6) is 0 Å². The highest BCUT2D eigenvalue weighted by atomic mass is 32.3. The van der Waals surface area contributed by atoms with Crippen molar-refractivity contribution in [1.82, 2.24) is 19.7 Å². The first-order valence-electron chi connectivity index (χ1n) is 5.99. The van der Waals surface area contributed by atoms with Gasteiger partial charge in [-0.15, -0.1) is 4.28 Å². The minimum atomic E-state index is -5.02. The smallest absolute Gasteiger partial charge is 0.418 e. The standard InChI is InChI=1S/C9H9N5O8S/c10-8(17)13-1-3-4-2-12(6(7(15)16)5(3)11-13)9(18)14(4)22-23(19,20)21/h1,4,6H,2H2,(H2,10,17)(H,15,16)(H,19,20,21). The Hall–Kier alpha value is -2.71. The number of carboxylic acid groups (broad SMARTS) is 1. The van der Waals surface area contributed by atoms with Gasteiger partial charge in [0.05, 0.1) is 6.54 Å². The Balaban J connectivity index is 2.13. The summed E-state index contributed by atoms with van der Waals surface area (Å²) in [5, 5.41) is 13.3. The normalized spacial score (nSPS) is 23.1. The van der Waals surface area contributed by atoms with E-state index in [0.717, 1.165) is 11.1 Å². The van der Waals surface area contributed by atoms with Crippen molar-refractivity contribution in [1.29, 1.82) is 0 Å². The van der Waals surface area contributed by atoms with Gasteiger partial charge in [0.15, 0.2) is 6.04 Å². The second kappa shape index (κ2) is 4.64. The predicted molar refractivity (Wildman–Crippen MR) is 66.9 cm³/mol. The third kappa shape index (κ3) is 2.28. The van der Waals surface area contributed by atoms with Crippen LogP contribution in [-0.2, 0) is 19.5 Å². The van der Waals surface area contributed by atoms with Crippen LogP contribution in [0.15, 0.2) is 6.20 Å². The molecule has 13 nitrogen and oxygen atoms in total. The quantitative estimate of drug-likeness (QED) is 0.545. The minimum Gasteiger partial charge on any atom is -0.479 e. The van der Waals surface area contributed by atoms with Gasteiger partial charge in [0.1, 0.15) is 11.7 Å². The van der Waals surface area contributed by atoms with Gasteiger partial charge in [-0.3, -0.25) is 4.55 Å².